The van der Waals surface area contributed by atoms with Gasteiger partial charge in [0.1, 0.15) is 5.82 Å². The number of likely N-dealkylation sites (tertiary alicyclic amines) is 1. The van der Waals surface area contributed by atoms with Gasteiger partial charge in [-0.05, 0) is 37.0 Å². The van der Waals surface area contributed by atoms with Crippen molar-refractivity contribution in [1.29, 1.82) is 0 Å². The average molecular weight is 388 g/mol. The van der Waals surface area contributed by atoms with Crippen LogP contribution in [0.3, 0.4) is 0 Å². The molecule has 2 aromatic rings. The minimum absolute atomic E-state index is 0.130. The summed E-state index contributed by atoms with van der Waals surface area (Å²) in [6.07, 6.45) is 7.52. The summed E-state index contributed by atoms with van der Waals surface area (Å²) < 4.78 is 13.1. The van der Waals surface area contributed by atoms with Gasteiger partial charge >= 0.3 is 0 Å². The van der Waals surface area contributed by atoms with E-state index in [2.05, 4.69) is 15.3 Å². The van der Waals surface area contributed by atoms with Crippen molar-refractivity contribution in [3.8, 4) is 0 Å². The molecule has 1 N–H and O–H groups in total. The molecule has 0 aliphatic carbocycles. The van der Waals surface area contributed by atoms with Crippen molar-refractivity contribution in [1.82, 2.24) is 20.2 Å². The number of hydrogen-bond acceptors (Lipinski definition) is 5. The molecule has 2 aromatic heterocycles. The maximum absolute atomic E-state index is 13.1. The molecule has 0 spiro atoms. The van der Waals surface area contributed by atoms with E-state index in [1.165, 1.54) is 24.0 Å². The van der Waals surface area contributed by atoms with Gasteiger partial charge in [0.2, 0.25) is 5.91 Å². The Kier molecular flexibility index (Phi) is 6.75. The number of carbonyl (C=O) groups excluding carboxylic acids is 2. The second-order valence-electron chi connectivity index (χ2n) is 6.40. The van der Waals surface area contributed by atoms with Gasteiger partial charge in [-0.15, -0.1) is 11.8 Å². The highest BCUT2D eigenvalue weighted by Crippen LogP contribution is 2.20. The Labute approximate surface area is 161 Å². The van der Waals surface area contributed by atoms with Gasteiger partial charge < -0.3 is 10.2 Å². The first-order valence-electron chi connectivity index (χ1n) is 8.81. The van der Waals surface area contributed by atoms with Gasteiger partial charge in [0.15, 0.2) is 0 Å². The summed E-state index contributed by atoms with van der Waals surface area (Å²) in [6.45, 7) is 1.90. The predicted molar refractivity (Wildman–Crippen MR) is 101 cm³/mol. The van der Waals surface area contributed by atoms with E-state index in [9.17, 15) is 14.0 Å². The Morgan fingerprint density at radius 1 is 1.19 bits per heavy atom. The smallest absolute Gasteiger partial charge is 0.252 e. The molecule has 1 saturated heterocycles. The first-order chi connectivity index (χ1) is 13.1. The Bertz CT molecular complexity index is 782. The van der Waals surface area contributed by atoms with E-state index in [-0.39, 0.29) is 17.4 Å². The zero-order valence-corrected chi connectivity index (χ0v) is 15.6. The van der Waals surface area contributed by atoms with Crippen molar-refractivity contribution >= 4 is 23.6 Å². The van der Waals surface area contributed by atoms with Crippen LogP contribution in [0.25, 0.3) is 0 Å². The number of aromatic nitrogens is 2. The van der Waals surface area contributed by atoms with Crippen molar-refractivity contribution in [3.05, 3.63) is 54.4 Å². The van der Waals surface area contributed by atoms with Gasteiger partial charge in [0.25, 0.3) is 5.91 Å². The second kappa shape index (κ2) is 9.45. The third-order valence-electron chi connectivity index (χ3n) is 4.50. The minimum atomic E-state index is -0.529. The summed E-state index contributed by atoms with van der Waals surface area (Å²) in [6, 6.07) is 4.95. The first kappa shape index (κ1) is 19.3. The number of amides is 2. The first-order valence-corrected chi connectivity index (χ1v) is 9.80. The van der Waals surface area contributed by atoms with Crippen LogP contribution in [0.4, 0.5) is 4.39 Å². The van der Waals surface area contributed by atoms with Gasteiger partial charge in [0, 0.05) is 43.1 Å². The molecule has 0 saturated carbocycles. The van der Waals surface area contributed by atoms with E-state index in [0.717, 1.165) is 23.9 Å². The lowest BCUT2D eigenvalue weighted by atomic mass is 9.96. The van der Waals surface area contributed by atoms with E-state index in [1.807, 2.05) is 17.0 Å². The fourth-order valence-electron chi connectivity index (χ4n) is 2.93. The van der Waals surface area contributed by atoms with Gasteiger partial charge in [-0.2, -0.15) is 0 Å². The Hall–Kier alpha value is -2.48. The molecular formula is C19H21FN4O2S. The standard InChI is InChI=1S/C19H21FN4O2S/c20-16-9-15(11-22-12-16)19(26)23-10-14-3-7-24(8-4-14)18(25)13-27-17-1-5-21-6-2-17/h1-2,5-6,9,11-12,14H,3-4,7-8,10,13H2,(H,23,26). The fourth-order valence-corrected chi connectivity index (χ4v) is 3.72. The topological polar surface area (TPSA) is 75.2 Å². The molecule has 3 heterocycles. The summed E-state index contributed by atoms with van der Waals surface area (Å²) in [4.78, 5) is 34.9. The number of halogens is 1. The Morgan fingerprint density at radius 2 is 1.93 bits per heavy atom. The van der Waals surface area contributed by atoms with Gasteiger partial charge in [-0.1, -0.05) is 0 Å². The number of piperidine rings is 1. The van der Waals surface area contributed by atoms with Crippen LogP contribution in [0.2, 0.25) is 0 Å². The number of pyridine rings is 2. The molecule has 1 aliphatic rings. The average Bonchev–Trinajstić information content (AvgIpc) is 2.71. The molecule has 3 rings (SSSR count). The molecule has 6 nitrogen and oxygen atoms in total. The number of rotatable bonds is 6. The third-order valence-corrected chi connectivity index (χ3v) is 5.49. The fraction of sp³-hybridized carbons (Fsp3) is 0.368. The molecule has 1 fully saturated rings. The largest absolute Gasteiger partial charge is 0.352 e. The third kappa shape index (κ3) is 5.75. The van der Waals surface area contributed by atoms with Crippen molar-refractivity contribution in [2.75, 3.05) is 25.4 Å². The van der Waals surface area contributed by atoms with E-state index in [4.69, 9.17) is 0 Å². The van der Waals surface area contributed by atoms with Crippen LogP contribution in [-0.4, -0.2) is 52.1 Å². The molecule has 0 bridgehead atoms. The van der Waals surface area contributed by atoms with Gasteiger partial charge in [-0.25, -0.2) is 4.39 Å². The van der Waals surface area contributed by atoms with E-state index < -0.39 is 5.82 Å². The monoisotopic (exact) mass is 388 g/mol. The van der Waals surface area contributed by atoms with Gasteiger partial charge in [0.05, 0.1) is 17.5 Å². The van der Waals surface area contributed by atoms with Crippen molar-refractivity contribution in [3.63, 3.8) is 0 Å². The maximum atomic E-state index is 13.1. The van der Waals surface area contributed by atoms with Crippen molar-refractivity contribution < 1.29 is 14.0 Å². The molecule has 0 unspecified atom stereocenters. The molecule has 27 heavy (non-hydrogen) atoms. The Morgan fingerprint density at radius 3 is 2.63 bits per heavy atom. The van der Waals surface area contributed by atoms with Gasteiger partial charge in [-0.3, -0.25) is 19.6 Å². The Balaban J connectivity index is 1.38. The summed E-state index contributed by atoms with van der Waals surface area (Å²) in [5.41, 5.74) is 0.218. The molecule has 1 aliphatic heterocycles. The SMILES string of the molecule is O=C(NCC1CCN(C(=O)CSc2ccncc2)CC1)c1cncc(F)c1. The van der Waals surface area contributed by atoms with Crippen LogP contribution < -0.4 is 5.32 Å². The highest BCUT2D eigenvalue weighted by molar-refractivity contribution is 8.00. The van der Waals surface area contributed by atoms with Crippen LogP contribution in [0.15, 0.2) is 47.9 Å². The molecule has 142 valence electrons. The number of thioether (sulfide) groups is 1. The van der Waals surface area contributed by atoms with Crippen molar-refractivity contribution in [2.24, 2.45) is 5.92 Å². The normalized spacial score (nSPS) is 14.8. The van der Waals surface area contributed by atoms with Crippen molar-refractivity contribution in [2.45, 2.75) is 17.7 Å². The number of nitrogens with zero attached hydrogens (tertiary/aromatic N) is 3. The molecule has 0 radical (unpaired) electrons. The van der Waals surface area contributed by atoms with Crippen LogP contribution >= 0.6 is 11.8 Å². The van der Waals surface area contributed by atoms with Crippen LogP contribution in [0, 0.1) is 11.7 Å². The lowest BCUT2D eigenvalue weighted by Gasteiger charge is -2.32. The second-order valence-corrected chi connectivity index (χ2v) is 7.45. The predicted octanol–water partition coefficient (Wildman–Crippen LogP) is 2.38. The summed E-state index contributed by atoms with van der Waals surface area (Å²) in [5.74, 6) is 0.00343. The quantitative estimate of drug-likeness (QED) is 0.769. The zero-order chi connectivity index (χ0) is 19.1. The molecule has 0 aromatic carbocycles. The molecule has 2 amide bonds. The lowest BCUT2D eigenvalue weighted by molar-refractivity contribution is -0.129. The maximum Gasteiger partial charge on any atom is 0.252 e. The number of hydrogen-bond donors (Lipinski definition) is 1. The summed E-state index contributed by atoms with van der Waals surface area (Å²) in [7, 11) is 0. The van der Waals surface area contributed by atoms with Crippen LogP contribution in [0.1, 0.15) is 23.2 Å². The van der Waals surface area contributed by atoms with Crippen LogP contribution in [0.5, 0.6) is 0 Å². The lowest BCUT2D eigenvalue weighted by Crippen LogP contribution is -2.42. The number of carbonyl (C=O) groups is 2. The highest BCUT2D eigenvalue weighted by atomic mass is 32.2. The van der Waals surface area contributed by atoms with E-state index in [0.29, 0.717) is 31.3 Å². The van der Waals surface area contributed by atoms with E-state index in [1.54, 1.807) is 12.4 Å². The summed E-state index contributed by atoms with van der Waals surface area (Å²) in [5, 5.41) is 2.83. The molecule has 8 heteroatoms. The minimum Gasteiger partial charge on any atom is -0.352 e. The van der Waals surface area contributed by atoms with Crippen LogP contribution in [-0.2, 0) is 4.79 Å². The number of nitrogens with one attached hydrogen (secondary N) is 1. The zero-order valence-electron chi connectivity index (χ0n) is 14.8. The molecular weight excluding hydrogens is 367 g/mol. The van der Waals surface area contributed by atoms with E-state index >= 15 is 0 Å². The highest BCUT2D eigenvalue weighted by Gasteiger charge is 2.23. The molecule has 0 atom stereocenters. The summed E-state index contributed by atoms with van der Waals surface area (Å²) >= 11 is 1.51.